The first kappa shape index (κ1) is 16.0. The van der Waals surface area contributed by atoms with Crippen molar-refractivity contribution < 1.29 is 9.90 Å². The van der Waals surface area contributed by atoms with Crippen molar-refractivity contribution in [1.29, 1.82) is 0 Å². The molecule has 1 aliphatic rings. The number of piperazine rings is 1. The molecule has 1 fully saturated rings. The first-order valence-corrected chi connectivity index (χ1v) is 8.73. The molecule has 25 heavy (non-hydrogen) atoms. The Morgan fingerprint density at radius 3 is 2.84 bits per heavy atom. The van der Waals surface area contributed by atoms with Crippen molar-refractivity contribution in [1.82, 2.24) is 24.3 Å². The number of carbonyl (C=O) groups excluding carboxylic acids is 1. The molecule has 7 nitrogen and oxygen atoms in total. The Bertz CT molecular complexity index is 920. The second-order valence-corrected chi connectivity index (χ2v) is 6.74. The minimum absolute atomic E-state index is 0.0695. The average Bonchev–Trinajstić information content (AvgIpc) is 3.06. The average molecular weight is 341 g/mol. The van der Waals surface area contributed by atoms with Crippen LogP contribution in [0.15, 0.2) is 24.7 Å². The van der Waals surface area contributed by atoms with Crippen molar-refractivity contribution in [3.05, 3.63) is 24.7 Å². The molecule has 0 unspecified atom stereocenters. The van der Waals surface area contributed by atoms with Crippen LogP contribution in [0.25, 0.3) is 21.8 Å². The second-order valence-electron chi connectivity index (χ2n) is 6.74. The lowest BCUT2D eigenvalue weighted by atomic mass is 10.1. The monoisotopic (exact) mass is 341 g/mol. The highest BCUT2D eigenvalue weighted by molar-refractivity contribution is 6.09. The third kappa shape index (κ3) is 2.55. The molecule has 3 aromatic heterocycles. The van der Waals surface area contributed by atoms with Gasteiger partial charge < -0.3 is 24.5 Å². The van der Waals surface area contributed by atoms with E-state index in [9.17, 15) is 9.90 Å². The number of aromatic nitrogens is 3. The van der Waals surface area contributed by atoms with E-state index in [0.29, 0.717) is 11.8 Å². The van der Waals surface area contributed by atoms with Crippen LogP contribution in [0.5, 0.6) is 5.88 Å². The number of carbonyl (C=O) groups is 1. The maximum Gasteiger partial charge on any atom is 0.245 e. The summed E-state index contributed by atoms with van der Waals surface area (Å²) >= 11 is 0. The fourth-order valence-electron chi connectivity index (χ4n) is 3.67. The van der Waals surface area contributed by atoms with Gasteiger partial charge in [-0.3, -0.25) is 4.79 Å². The standard InChI is InChI=1S/C18H23N5O2/c1-3-14(18(25)22-8-6-21(2)7-9-22)23-11-12-4-5-19-16-15(12)13(10-20-16)17(23)24/h4-5,10-11,14,19,24H,3,6-9H2,1-2H3/t14-/m1/s1. The van der Waals surface area contributed by atoms with E-state index in [1.807, 2.05) is 30.3 Å². The molecule has 3 aromatic rings. The van der Waals surface area contributed by atoms with E-state index in [0.717, 1.165) is 42.6 Å². The number of likely N-dealkylation sites (N-methyl/N-ethyl adjacent to an activating group) is 1. The van der Waals surface area contributed by atoms with Crippen LogP contribution >= 0.6 is 0 Å². The molecule has 4 rings (SSSR count). The summed E-state index contributed by atoms with van der Waals surface area (Å²) in [6, 6.07) is 1.53. The molecular weight excluding hydrogens is 318 g/mol. The molecule has 0 spiro atoms. The molecule has 1 aliphatic heterocycles. The van der Waals surface area contributed by atoms with Gasteiger partial charge in [0, 0.05) is 55.5 Å². The van der Waals surface area contributed by atoms with Crippen LogP contribution in [0.3, 0.4) is 0 Å². The van der Waals surface area contributed by atoms with E-state index in [4.69, 9.17) is 0 Å². The van der Waals surface area contributed by atoms with Gasteiger partial charge in [-0.25, -0.2) is 4.98 Å². The molecule has 0 aromatic carbocycles. The molecule has 1 saturated heterocycles. The molecule has 7 heteroatoms. The molecule has 2 N–H and O–H groups in total. The lowest BCUT2D eigenvalue weighted by Gasteiger charge is -2.35. The molecule has 0 saturated carbocycles. The van der Waals surface area contributed by atoms with Gasteiger partial charge in [-0.05, 0) is 19.5 Å². The number of aromatic hydroxyl groups is 1. The minimum atomic E-state index is -0.411. The van der Waals surface area contributed by atoms with Crippen molar-refractivity contribution in [2.45, 2.75) is 19.4 Å². The lowest BCUT2D eigenvalue weighted by molar-refractivity contribution is -0.136. The van der Waals surface area contributed by atoms with E-state index in [1.165, 1.54) is 0 Å². The third-order valence-electron chi connectivity index (χ3n) is 5.19. The first-order valence-electron chi connectivity index (χ1n) is 8.73. The summed E-state index contributed by atoms with van der Waals surface area (Å²) in [4.78, 5) is 24.6. The molecule has 0 radical (unpaired) electrons. The summed E-state index contributed by atoms with van der Waals surface area (Å²) in [5, 5.41) is 13.3. The quantitative estimate of drug-likeness (QED) is 0.763. The number of nitrogens with zero attached hydrogens (tertiary/aromatic N) is 4. The number of hydrogen-bond donors (Lipinski definition) is 2. The number of hydrogen-bond acceptors (Lipinski definition) is 4. The molecule has 132 valence electrons. The summed E-state index contributed by atoms with van der Waals surface area (Å²) in [6.45, 7) is 5.20. The molecule has 0 aliphatic carbocycles. The predicted octanol–water partition coefficient (Wildman–Crippen LogP) is 1.95. The maximum atomic E-state index is 13.1. The van der Waals surface area contributed by atoms with Crippen molar-refractivity contribution in [2.75, 3.05) is 33.2 Å². The van der Waals surface area contributed by atoms with E-state index >= 15 is 0 Å². The van der Waals surface area contributed by atoms with Crippen molar-refractivity contribution in [3.8, 4) is 5.88 Å². The van der Waals surface area contributed by atoms with Gasteiger partial charge in [0.2, 0.25) is 11.8 Å². The summed E-state index contributed by atoms with van der Waals surface area (Å²) in [6.07, 6.45) is 5.97. The van der Waals surface area contributed by atoms with Gasteiger partial charge in [0.25, 0.3) is 0 Å². The van der Waals surface area contributed by atoms with Gasteiger partial charge in [0.1, 0.15) is 11.7 Å². The maximum absolute atomic E-state index is 13.1. The Labute approximate surface area is 145 Å². The Morgan fingerprint density at radius 2 is 2.12 bits per heavy atom. The van der Waals surface area contributed by atoms with Gasteiger partial charge in [0.05, 0.1) is 5.39 Å². The number of amides is 1. The van der Waals surface area contributed by atoms with Crippen LogP contribution in [0.1, 0.15) is 19.4 Å². The Balaban J connectivity index is 1.76. The van der Waals surface area contributed by atoms with Gasteiger partial charge in [-0.2, -0.15) is 0 Å². The van der Waals surface area contributed by atoms with E-state index in [2.05, 4.69) is 21.9 Å². The molecule has 1 amide bonds. The number of H-pyrrole nitrogens is 1. The van der Waals surface area contributed by atoms with E-state index in [-0.39, 0.29) is 11.8 Å². The molecule has 0 bridgehead atoms. The molecule has 1 atom stereocenters. The molecule has 4 heterocycles. The Kier molecular flexibility index (Phi) is 3.88. The van der Waals surface area contributed by atoms with E-state index < -0.39 is 6.04 Å². The van der Waals surface area contributed by atoms with Gasteiger partial charge in [0.15, 0.2) is 0 Å². The molecular formula is C18H23N5O2. The van der Waals surface area contributed by atoms with Crippen molar-refractivity contribution in [3.63, 3.8) is 0 Å². The number of aromatic amines is 1. The summed E-state index contributed by atoms with van der Waals surface area (Å²) in [5.74, 6) is 0.170. The van der Waals surface area contributed by atoms with Gasteiger partial charge in [-0.15, -0.1) is 0 Å². The zero-order chi connectivity index (χ0) is 17.6. The summed E-state index contributed by atoms with van der Waals surface area (Å²) in [5.41, 5.74) is 0.744. The first-order chi connectivity index (χ1) is 12.1. The topological polar surface area (TPSA) is 77.4 Å². The Hall–Kier alpha value is -2.54. The highest BCUT2D eigenvalue weighted by Crippen LogP contribution is 2.34. The van der Waals surface area contributed by atoms with Crippen molar-refractivity contribution >= 4 is 27.7 Å². The fourth-order valence-corrected chi connectivity index (χ4v) is 3.67. The second kappa shape index (κ2) is 6.07. The van der Waals surface area contributed by atoms with Crippen LogP contribution in [-0.4, -0.2) is 68.6 Å². The largest absolute Gasteiger partial charge is 0.494 e. The van der Waals surface area contributed by atoms with Crippen LogP contribution in [-0.2, 0) is 4.79 Å². The Morgan fingerprint density at radius 1 is 1.36 bits per heavy atom. The van der Waals surface area contributed by atoms with Gasteiger partial charge >= 0.3 is 0 Å². The smallest absolute Gasteiger partial charge is 0.245 e. The zero-order valence-corrected chi connectivity index (χ0v) is 14.6. The van der Waals surface area contributed by atoms with Gasteiger partial charge in [-0.1, -0.05) is 6.92 Å². The summed E-state index contributed by atoms with van der Waals surface area (Å²) in [7, 11) is 2.07. The van der Waals surface area contributed by atoms with Crippen LogP contribution < -0.4 is 0 Å². The van der Waals surface area contributed by atoms with Crippen LogP contribution in [0, 0.1) is 0 Å². The predicted molar refractivity (Wildman–Crippen MR) is 96.7 cm³/mol. The SMILES string of the molecule is CC[C@H](C(=O)N1CCN(C)CC1)n1cc2cc[nH]c3ncc(c1O)c23. The van der Waals surface area contributed by atoms with Crippen molar-refractivity contribution in [2.24, 2.45) is 0 Å². The van der Waals surface area contributed by atoms with E-state index in [1.54, 1.807) is 10.8 Å². The number of nitrogens with one attached hydrogen (secondary N) is 1. The number of pyridine rings is 2. The lowest BCUT2D eigenvalue weighted by Crippen LogP contribution is -2.49. The van der Waals surface area contributed by atoms with Crippen LogP contribution in [0.4, 0.5) is 0 Å². The highest BCUT2D eigenvalue weighted by Gasteiger charge is 2.28. The summed E-state index contributed by atoms with van der Waals surface area (Å²) < 4.78 is 1.71. The normalized spacial score (nSPS) is 17.4. The van der Waals surface area contributed by atoms with Crippen LogP contribution in [0.2, 0.25) is 0 Å². The third-order valence-corrected chi connectivity index (χ3v) is 5.19. The fraction of sp³-hybridized carbons (Fsp3) is 0.444. The minimum Gasteiger partial charge on any atom is -0.494 e. The highest BCUT2D eigenvalue weighted by atomic mass is 16.3. The zero-order valence-electron chi connectivity index (χ0n) is 14.6. The number of rotatable bonds is 3.